The Hall–Kier alpha value is -2.86. The van der Waals surface area contributed by atoms with Gasteiger partial charge in [-0.15, -0.1) is 0 Å². The Bertz CT molecular complexity index is 805. The maximum absolute atomic E-state index is 12.2. The SMILES string of the molecule is COc1ccc(CC[NH+](C)CC(=O)Nc2cccc(C(C)=O)c2)cc1OC. The summed E-state index contributed by atoms with van der Waals surface area (Å²) in [5.41, 5.74) is 2.35. The molecule has 0 bridgehead atoms. The highest BCUT2D eigenvalue weighted by atomic mass is 16.5. The minimum absolute atomic E-state index is 0.0243. The zero-order chi connectivity index (χ0) is 19.8. The van der Waals surface area contributed by atoms with E-state index >= 15 is 0 Å². The number of rotatable bonds is 9. The summed E-state index contributed by atoms with van der Waals surface area (Å²) in [6.45, 7) is 2.65. The molecule has 0 aliphatic rings. The number of amides is 1. The number of hydrogen-bond acceptors (Lipinski definition) is 4. The first-order valence-electron chi connectivity index (χ1n) is 8.86. The lowest BCUT2D eigenvalue weighted by molar-refractivity contribution is -0.870. The normalized spacial score (nSPS) is 11.6. The van der Waals surface area contributed by atoms with Crippen LogP contribution in [-0.2, 0) is 11.2 Å². The first-order chi connectivity index (χ1) is 12.9. The van der Waals surface area contributed by atoms with Gasteiger partial charge in [-0.25, -0.2) is 0 Å². The van der Waals surface area contributed by atoms with Crippen molar-refractivity contribution in [2.24, 2.45) is 0 Å². The number of nitrogens with one attached hydrogen (secondary N) is 2. The van der Waals surface area contributed by atoms with Gasteiger partial charge in [0.05, 0.1) is 27.8 Å². The fourth-order valence-electron chi connectivity index (χ4n) is 2.78. The van der Waals surface area contributed by atoms with E-state index in [1.807, 2.05) is 25.2 Å². The smallest absolute Gasteiger partial charge is 0.279 e. The molecule has 2 rings (SSSR count). The molecule has 1 unspecified atom stereocenters. The Balaban J connectivity index is 1.86. The molecule has 0 radical (unpaired) electrons. The van der Waals surface area contributed by atoms with Crippen molar-refractivity contribution in [3.63, 3.8) is 0 Å². The van der Waals surface area contributed by atoms with E-state index in [9.17, 15) is 9.59 Å². The lowest BCUT2D eigenvalue weighted by Crippen LogP contribution is -3.10. The minimum Gasteiger partial charge on any atom is -0.493 e. The second kappa shape index (κ2) is 9.73. The molecule has 0 saturated carbocycles. The number of carbonyl (C=O) groups is 2. The number of benzene rings is 2. The summed E-state index contributed by atoms with van der Waals surface area (Å²) in [5.74, 6) is 1.30. The van der Waals surface area contributed by atoms with E-state index in [-0.39, 0.29) is 11.7 Å². The van der Waals surface area contributed by atoms with E-state index in [4.69, 9.17) is 9.47 Å². The topological polar surface area (TPSA) is 69.1 Å². The molecule has 1 atom stereocenters. The molecule has 0 aromatic heterocycles. The highest BCUT2D eigenvalue weighted by Gasteiger charge is 2.12. The fraction of sp³-hybridized carbons (Fsp3) is 0.333. The summed E-state index contributed by atoms with van der Waals surface area (Å²) in [5, 5.41) is 2.85. The Morgan fingerprint density at radius 1 is 1.04 bits per heavy atom. The van der Waals surface area contributed by atoms with E-state index in [0.717, 1.165) is 23.4 Å². The standard InChI is InChI=1S/C21H26N2O4/c1-15(24)17-6-5-7-18(13-17)22-21(25)14-23(2)11-10-16-8-9-19(26-3)20(12-16)27-4/h5-9,12-13H,10-11,14H2,1-4H3,(H,22,25)/p+1. The largest absolute Gasteiger partial charge is 0.493 e. The third-order valence-electron chi connectivity index (χ3n) is 4.30. The average molecular weight is 371 g/mol. The van der Waals surface area contributed by atoms with E-state index in [0.29, 0.717) is 29.3 Å². The Morgan fingerprint density at radius 3 is 2.44 bits per heavy atom. The lowest BCUT2D eigenvalue weighted by atomic mass is 10.1. The van der Waals surface area contributed by atoms with Crippen LogP contribution in [0.4, 0.5) is 5.69 Å². The molecule has 2 N–H and O–H groups in total. The van der Waals surface area contributed by atoms with Crippen molar-refractivity contribution >= 4 is 17.4 Å². The molecule has 2 aromatic rings. The van der Waals surface area contributed by atoms with Gasteiger partial charge in [-0.3, -0.25) is 9.59 Å². The third-order valence-corrected chi connectivity index (χ3v) is 4.30. The number of likely N-dealkylation sites (N-methyl/N-ethyl adjacent to an activating group) is 1. The van der Waals surface area contributed by atoms with Crippen molar-refractivity contribution in [1.82, 2.24) is 0 Å². The van der Waals surface area contributed by atoms with Crippen LogP contribution in [0.25, 0.3) is 0 Å². The summed E-state index contributed by atoms with van der Waals surface area (Å²) >= 11 is 0. The number of quaternary nitrogens is 1. The van der Waals surface area contributed by atoms with Gasteiger partial charge in [-0.05, 0) is 36.8 Å². The van der Waals surface area contributed by atoms with Gasteiger partial charge in [0.1, 0.15) is 0 Å². The summed E-state index contributed by atoms with van der Waals surface area (Å²) < 4.78 is 10.6. The molecule has 144 valence electrons. The highest BCUT2D eigenvalue weighted by Crippen LogP contribution is 2.27. The van der Waals surface area contributed by atoms with Crippen LogP contribution in [0.15, 0.2) is 42.5 Å². The molecule has 0 fully saturated rings. The number of ketones is 1. The van der Waals surface area contributed by atoms with Gasteiger partial charge >= 0.3 is 0 Å². The van der Waals surface area contributed by atoms with E-state index in [1.165, 1.54) is 6.92 Å². The fourth-order valence-corrected chi connectivity index (χ4v) is 2.78. The van der Waals surface area contributed by atoms with Gasteiger partial charge in [0.15, 0.2) is 23.8 Å². The molecular formula is C21H27N2O4+. The first kappa shape index (κ1) is 20.5. The maximum Gasteiger partial charge on any atom is 0.279 e. The second-order valence-electron chi connectivity index (χ2n) is 6.51. The number of methoxy groups -OCH3 is 2. The lowest BCUT2D eigenvalue weighted by Gasteiger charge is -2.15. The molecule has 27 heavy (non-hydrogen) atoms. The van der Waals surface area contributed by atoms with Crippen LogP contribution in [0.2, 0.25) is 0 Å². The zero-order valence-corrected chi connectivity index (χ0v) is 16.3. The van der Waals surface area contributed by atoms with Crippen molar-refractivity contribution in [2.75, 3.05) is 39.7 Å². The first-order valence-corrected chi connectivity index (χ1v) is 8.86. The van der Waals surface area contributed by atoms with Crippen molar-refractivity contribution in [3.8, 4) is 11.5 Å². The Labute approximate surface area is 160 Å². The van der Waals surface area contributed by atoms with Crippen molar-refractivity contribution in [2.45, 2.75) is 13.3 Å². The minimum atomic E-state index is -0.0829. The van der Waals surface area contributed by atoms with Gasteiger partial charge in [0, 0.05) is 17.7 Å². The molecule has 6 nitrogen and oxygen atoms in total. The van der Waals surface area contributed by atoms with Crippen LogP contribution in [0.5, 0.6) is 11.5 Å². The van der Waals surface area contributed by atoms with Crippen LogP contribution in [0.1, 0.15) is 22.8 Å². The molecule has 6 heteroatoms. The van der Waals surface area contributed by atoms with Crippen molar-refractivity contribution < 1.29 is 24.0 Å². The van der Waals surface area contributed by atoms with Crippen LogP contribution >= 0.6 is 0 Å². The predicted octanol–water partition coefficient (Wildman–Crippen LogP) is 1.60. The van der Waals surface area contributed by atoms with Crippen LogP contribution in [0.3, 0.4) is 0 Å². The Morgan fingerprint density at radius 2 is 1.78 bits per heavy atom. The molecule has 0 saturated heterocycles. The van der Waals surface area contributed by atoms with Gasteiger partial charge in [0.25, 0.3) is 5.91 Å². The molecular weight excluding hydrogens is 344 g/mol. The molecule has 0 aliphatic heterocycles. The molecule has 1 amide bonds. The number of hydrogen-bond donors (Lipinski definition) is 2. The number of ether oxygens (including phenoxy) is 2. The van der Waals surface area contributed by atoms with E-state index in [2.05, 4.69) is 5.32 Å². The van der Waals surface area contributed by atoms with Gasteiger partial charge in [-0.2, -0.15) is 0 Å². The monoisotopic (exact) mass is 371 g/mol. The molecule has 0 spiro atoms. The average Bonchev–Trinajstić information content (AvgIpc) is 2.66. The van der Waals surface area contributed by atoms with Gasteiger partial charge < -0.3 is 19.7 Å². The third kappa shape index (κ3) is 6.11. The van der Waals surface area contributed by atoms with E-state index in [1.54, 1.807) is 38.5 Å². The highest BCUT2D eigenvalue weighted by molar-refractivity contribution is 5.97. The summed E-state index contributed by atoms with van der Waals surface area (Å²) in [4.78, 5) is 24.8. The van der Waals surface area contributed by atoms with E-state index < -0.39 is 0 Å². The quantitative estimate of drug-likeness (QED) is 0.657. The van der Waals surface area contributed by atoms with Crippen LogP contribution in [-0.4, -0.2) is 46.0 Å². The summed E-state index contributed by atoms with van der Waals surface area (Å²) in [7, 11) is 5.21. The van der Waals surface area contributed by atoms with Gasteiger partial charge in [-0.1, -0.05) is 18.2 Å². The van der Waals surface area contributed by atoms with Gasteiger partial charge in [0.2, 0.25) is 0 Å². The maximum atomic E-state index is 12.2. The summed E-state index contributed by atoms with van der Waals surface area (Å²) in [6.07, 6.45) is 0.819. The Kier molecular flexibility index (Phi) is 7.37. The number of carbonyl (C=O) groups excluding carboxylic acids is 2. The second-order valence-corrected chi connectivity index (χ2v) is 6.51. The summed E-state index contributed by atoms with van der Waals surface area (Å²) in [6, 6.07) is 12.8. The van der Waals surface area contributed by atoms with Crippen molar-refractivity contribution in [1.29, 1.82) is 0 Å². The van der Waals surface area contributed by atoms with Crippen LogP contribution < -0.4 is 19.7 Å². The zero-order valence-electron chi connectivity index (χ0n) is 16.3. The predicted molar refractivity (Wildman–Crippen MR) is 105 cm³/mol. The molecule has 0 aliphatic carbocycles. The molecule has 2 aromatic carbocycles. The van der Waals surface area contributed by atoms with Crippen molar-refractivity contribution in [3.05, 3.63) is 53.6 Å². The van der Waals surface area contributed by atoms with Crippen LogP contribution in [0, 0.1) is 0 Å². The number of Topliss-reactive ketones (excluding diaryl/α,β-unsaturated/α-hetero) is 1. The number of anilines is 1. The molecule has 0 heterocycles.